The van der Waals surface area contributed by atoms with Crippen LogP contribution in [0.4, 0.5) is 0 Å². The van der Waals surface area contributed by atoms with E-state index in [1.54, 1.807) is 4.90 Å². The molecule has 0 aliphatic carbocycles. The quantitative estimate of drug-likeness (QED) is 0.0983. The Bertz CT molecular complexity index is 488. The Kier molecular flexibility index (Phi) is 32.4. The number of carbonyl (C=O) groups excluding carboxylic acids is 1. The fourth-order valence-corrected chi connectivity index (χ4v) is 4.16. The monoisotopic (exact) mass is 509 g/mol. The fraction of sp³-hybridized carbons (Fsp3) is 0.875. The summed E-state index contributed by atoms with van der Waals surface area (Å²) in [6, 6.07) is 0. The summed E-state index contributed by atoms with van der Waals surface area (Å²) in [7, 11) is 3.66. The van der Waals surface area contributed by atoms with Gasteiger partial charge in [0.05, 0.1) is 0 Å². The molecule has 0 atom stereocenters. The first kappa shape index (κ1) is 36.8. The number of carboxylic acid groups (broad SMARTS) is 1. The van der Waals surface area contributed by atoms with Crippen molar-refractivity contribution >= 4 is 11.9 Å². The van der Waals surface area contributed by atoms with Crippen molar-refractivity contribution in [3.05, 3.63) is 12.2 Å². The molecule has 0 spiro atoms. The van der Waals surface area contributed by atoms with Crippen LogP contribution >= 0.6 is 0 Å². The SMILES string of the molecule is CCCCCCCC/C=C\CCCCCCCC(=O)O.CCCCCCCCCCCC(=O)N(C)C. The number of aliphatic carboxylic acids is 1. The first-order chi connectivity index (χ1) is 17.5. The van der Waals surface area contributed by atoms with Gasteiger partial charge < -0.3 is 10.0 Å². The van der Waals surface area contributed by atoms with E-state index in [2.05, 4.69) is 26.0 Å². The van der Waals surface area contributed by atoms with E-state index in [-0.39, 0.29) is 5.91 Å². The summed E-state index contributed by atoms with van der Waals surface area (Å²) in [6.45, 7) is 4.51. The first-order valence-corrected chi connectivity index (χ1v) is 15.5. The number of unbranched alkanes of at least 4 members (excludes halogenated alkanes) is 19. The molecule has 0 fully saturated rings. The number of carboxylic acids is 1. The molecule has 4 heteroatoms. The Balaban J connectivity index is 0. The van der Waals surface area contributed by atoms with Crippen LogP contribution in [0.3, 0.4) is 0 Å². The van der Waals surface area contributed by atoms with Crippen LogP contribution in [0.15, 0.2) is 12.2 Å². The second-order valence-corrected chi connectivity index (χ2v) is 10.6. The molecule has 36 heavy (non-hydrogen) atoms. The molecule has 0 heterocycles. The molecule has 0 saturated heterocycles. The van der Waals surface area contributed by atoms with E-state index in [4.69, 9.17) is 5.11 Å². The van der Waals surface area contributed by atoms with Crippen LogP contribution < -0.4 is 0 Å². The van der Waals surface area contributed by atoms with E-state index in [0.717, 1.165) is 25.7 Å². The molecule has 0 radical (unpaired) electrons. The van der Waals surface area contributed by atoms with Crippen molar-refractivity contribution in [3.8, 4) is 0 Å². The van der Waals surface area contributed by atoms with Gasteiger partial charge in [-0.15, -0.1) is 0 Å². The molecule has 0 aliphatic rings. The van der Waals surface area contributed by atoms with Crippen LogP contribution in [0.25, 0.3) is 0 Å². The van der Waals surface area contributed by atoms with Crippen molar-refractivity contribution in [2.24, 2.45) is 0 Å². The van der Waals surface area contributed by atoms with Crippen LogP contribution in [0.1, 0.15) is 168 Å². The van der Waals surface area contributed by atoms with Crippen LogP contribution in [-0.4, -0.2) is 36.0 Å². The summed E-state index contributed by atoms with van der Waals surface area (Å²) in [5.74, 6) is -0.398. The standard InChI is InChI=1S/C18H34O2.C14H29NO/c1-2-3-4-5-6-7-8-9-10-11-12-13-14-15-16-17-18(19)20;1-4-5-6-7-8-9-10-11-12-13-14(16)15(2)3/h9-10H,2-8,11-17H2,1H3,(H,19,20);4-13H2,1-3H3/b10-9-;. The van der Waals surface area contributed by atoms with Gasteiger partial charge in [0.2, 0.25) is 5.91 Å². The predicted octanol–water partition coefficient (Wildman–Crippen LogP) is 10.1. The molecule has 214 valence electrons. The molecular formula is C32H63NO3. The third kappa shape index (κ3) is 34.8. The molecule has 0 unspecified atom stereocenters. The van der Waals surface area contributed by atoms with Crippen molar-refractivity contribution in [1.29, 1.82) is 0 Å². The van der Waals surface area contributed by atoms with Gasteiger partial charge in [0.15, 0.2) is 0 Å². The minimum absolute atomic E-state index is 0.267. The van der Waals surface area contributed by atoms with Crippen LogP contribution in [0, 0.1) is 0 Å². The van der Waals surface area contributed by atoms with Gasteiger partial charge >= 0.3 is 5.97 Å². The maximum absolute atomic E-state index is 11.3. The number of hydrogen-bond acceptors (Lipinski definition) is 2. The van der Waals surface area contributed by atoms with Gasteiger partial charge in [-0.25, -0.2) is 0 Å². The zero-order valence-corrected chi connectivity index (χ0v) is 24.8. The smallest absolute Gasteiger partial charge is 0.303 e. The molecule has 0 bridgehead atoms. The van der Waals surface area contributed by atoms with Gasteiger partial charge in [-0.1, -0.05) is 129 Å². The molecule has 1 amide bonds. The second kappa shape index (κ2) is 31.7. The zero-order valence-electron chi connectivity index (χ0n) is 24.8. The van der Waals surface area contributed by atoms with E-state index in [9.17, 15) is 9.59 Å². The Hall–Kier alpha value is -1.32. The lowest BCUT2D eigenvalue weighted by atomic mass is 10.1. The van der Waals surface area contributed by atoms with E-state index < -0.39 is 5.97 Å². The van der Waals surface area contributed by atoms with Gasteiger partial charge in [0, 0.05) is 26.9 Å². The van der Waals surface area contributed by atoms with Crippen molar-refractivity contribution in [2.75, 3.05) is 14.1 Å². The molecule has 0 aliphatic heterocycles. The third-order valence-corrected chi connectivity index (χ3v) is 6.65. The van der Waals surface area contributed by atoms with Crippen LogP contribution in [0.2, 0.25) is 0 Å². The molecule has 4 nitrogen and oxygen atoms in total. The van der Waals surface area contributed by atoms with E-state index in [0.29, 0.717) is 6.42 Å². The van der Waals surface area contributed by atoms with Crippen LogP contribution in [-0.2, 0) is 9.59 Å². The summed E-state index contributed by atoms with van der Waals surface area (Å²) in [4.78, 5) is 23.3. The van der Waals surface area contributed by atoms with Crippen molar-refractivity contribution in [2.45, 2.75) is 168 Å². The Morgan fingerprint density at radius 3 is 1.22 bits per heavy atom. The van der Waals surface area contributed by atoms with E-state index in [1.807, 2.05) is 14.1 Å². The summed E-state index contributed by atoms with van der Waals surface area (Å²) in [6.07, 6.45) is 33.8. The second-order valence-electron chi connectivity index (χ2n) is 10.6. The Morgan fingerprint density at radius 1 is 0.528 bits per heavy atom. The molecular weight excluding hydrogens is 446 g/mol. The minimum atomic E-state index is -0.664. The van der Waals surface area contributed by atoms with Gasteiger partial charge in [-0.2, -0.15) is 0 Å². The highest BCUT2D eigenvalue weighted by molar-refractivity contribution is 5.75. The number of rotatable bonds is 25. The zero-order chi connectivity index (χ0) is 27.1. The molecule has 1 N–H and O–H groups in total. The maximum Gasteiger partial charge on any atom is 0.303 e. The topological polar surface area (TPSA) is 57.6 Å². The summed E-state index contributed by atoms with van der Waals surface area (Å²) < 4.78 is 0. The van der Waals surface area contributed by atoms with Crippen molar-refractivity contribution in [1.82, 2.24) is 4.90 Å². The maximum atomic E-state index is 11.3. The summed E-state index contributed by atoms with van der Waals surface area (Å²) in [5.41, 5.74) is 0. The highest BCUT2D eigenvalue weighted by atomic mass is 16.4. The number of hydrogen-bond donors (Lipinski definition) is 1. The van der Waals surface area contributed by atoms with E-state index in [1.165, 1.54) is 122 Å². The molecule has 0 rings (SSSR count). The average Bonchev–Trinajstić information content (AvgIpc) is 2.85. The normalized spacial score (nSPS) is 10.9. The van der Waals surface area contributed by atoms with Gasteiger partial charge in [0.25, 0.3) is 0 Å². The summed E-state index contributed by atoms with van der Waals surface area (Å²) >= 11 is 0. The average molecular weight is 510 g/mol. The van der Waals surface area contributed by atoms with Crippen LogP contribution in [0.5, 0.6) is 0 Å². The van der Waals surface area contributed by atoms with Crippen molar-refractivity contribution < 1.29 is 14.7 Å². The number of allylic oxidation sites excluding steroid dienone is 2. The first-order valence-electron chi connectivity index (χ1n) is 15.5. The number of amides is 1. The minimum Gasteiger partial charge on any atom is -0.481 e. The molecule has 0 aromatic carbocycles. The lowest BCUT2D eigenvalue weighted by molar-refractivity contribution is -0.137. The van der Waals surface area contributed by atoms with Gasteiger partial charge in [0.1, 0.15) is 0 Å². The molecule has 0 aromatic heterocycles. The number of carbonyl (C=O) groups is 2. The predicted molar refractivity (Wildman–Crippen MR) is 158 cm³/mol. The lowest BCUT2D eigenvalue weighted by Gasteiger charge is -2.09. The lowest BCUT2D eigenvalue weighted by Crippen LogP contribution is -2.20. The Labute approximate surface area is 225 Å². The van der Waals surface area contributed by atoms with Crippen molar-refractivity contribution in [3.63, 3.8) is 0 Å². The molecule has 0 aromatic rings. The van der Waals surface area contributed by atoms with Gasteiger partial charge in [-0.3, -0.25) is 9.59 Å². The summed E-state index contributed by atoms with van der Waals surface area (Å²) in [5, 5.41) is 8.51. The third-order valence-electron chi connectivity index (χ3n) is 6.65. The fourth-order valence-electron chi connectivity index (χ4n) is 4.16. The molecule has 0 saturated carbocycles. The number of nitrogens with zero attached hydrogens (tertiary/aromatic N) is 1. The largest absolute Gasteiger partial charge is 0.481 e. The highest BCUT2D eigenvalue weighted by Gasteiger charge is 2.02. The van der Waals surface area contributed by atoms with Gasteiger partial charge in [-0.05, 0) is 38.5 Å². The highest BCUT2D eigenvalue weighted by Crippen LogP contribution is 2.11. The Morgan fingerprint density at radius 2 is 0.861 bits per heavy atom. The van der Waals surface area contributed by atoms with E-state index >= 15 is 0 Å².